The molecule has 0 radical (unpaired) electrons. The molecular weight excluding hydrogens is 242 g/mol. The lowest BCUT2D eigenvalue weighted by atomic mass is 10.1. The Bertz CT molecular complexity index is 468. The first-order valence-corrected chi connectivity index (χ1v) is 6.93. The number of aromatic nitrogens is 1. The Kier molecular flexibility index (Phi) is 3.85. The molecule has 0 unspecified atom stereocenters. The molecule has 2 N–H and O–H groups in total. The number of hydrogen-bond donors (Lipinski definition) is 1. The van der Waals surface area contributed by atoms with Crippen LogP contribution in [0.2, 0.25) is 0 Å². The summed E-state index contributed by atoms with van der Waals surface area (Å²) in [5.41, 5.74) is 9.31. The molecule has 2 rings (SSSR count). The third kappa shape index (κ3) is 2.64. The van der Waals surface area contributed by atoms with Crippen LogP contribution in [0, 0.1) is 5.92 Å². The Morgan fingerprint density at radius 2 is 2.22 bits per heavy atom. The molecule has 0 amide bonds. The first kappa shape index (κ1) is 13.3. The van der Waals surface area contributed by atoms with Crippen molar-refractivity contribution >= 4 is 23.0 Å². The summed E-state index contributed by atoms with van der Waals surface area (Å²) in [4.78, 5) is 7.40. The van der Waals surface area contributed by atoms with E-state index in [9.17, 15) is 0 Å². The first-order chi connectivity index (χ1) is 8.49. The average molecular weight is 263 g/mol. The maximum absolute atomic E-state index is 5.84. The molecule has 0 bridgehead atoms. The fourth-order valence-corrected chi connectivity index (χ4v) is 2.72. The highest BCUT2D eigenvalue weighted by atomic mass is 32.1. The van der Waals surface area contributed by atoms with Crippen LogP contribution in [0.25, 0.3) is 0 Å². The monoisotopic (exact) mass is 263 g/mol. The van der Waals surface area contributed by atoms with Gasteiger partial charge in [-0.1, -0.05) is 26.1 Å². The molecule has 0 saturated carbocycles. The number of fused-ring (bicyclic) bond motifs is 1. The van der Waals surface area contributed by atoms with Gasteiger partial charge in [-0.2, -0.15) is 0 Å². The van der Waals surface area contributed by atoms with Crippen molar-refractivity contribution in [1.29, 1.82) is 0 Å². The Morgan fingerprint density at radius 3 is 2.83 bits per heavy atom. The highest BCUT2D eigenvalue weighted by Crippen LogP contribution is 2.27. The van der Waals surface area contributed by atoms with E-state index in [1.807, 2.05) is 0 Å². The van der Waals surface area contributed by atoms with Crippen molar-refractivity contribution in [3.8, 4) is 0 Å². The highest BCUT2D eigenvalue weighted by Gasteiger charge is 2.19. The molecule has 1 aliphatic rings. The lowest BCUT2D eigenvalue weighted by molar-refractivity contribution is 0.634. The Balaban J connectivity index is 2.41. The number of thiocarbonyl (C=S) groups is 1. The second kappa shape index (κ2) is 5.22. The van der Waals surface area contributed by atoms with Crippen molar-refractivity contribution in [3.63, 3.8) is 0 Å². The minimum Gasteiger partial charge on any atom is -0.389 e. The van der Waals surface area contributed by atoms with Crippen LogP contribution in [0.3, 0.4) is 0 Å². The lowest BCUT2D eigenvalue weighted by Crippen LogP contribution is -2.27. The SMILES string of the molecule is CC(C)CN(C)c1nc2c(cc1C(N)=S)CCC2. The van der Waals surface area contributed by atoms with Crippen LogP contribution in [0.4, 0.5) is 5.82 Å². The predicted octanol–water partition coefficient (Wildman–Crippen LogP) is 2.30. The second-order valence-corrected chi connectivity index (χ2v) is 5.90. The van der Waals surface area contributed by atoms with Gasteiger partial charge in [0, 0.05) is 19.3 Å². The topological polar surface area (TPSA) is 42.2 Å². The van der Waals surface area contributed by atoms with E-state index in [1.54, 1.807) is 0 Å². The van der Waals surface area contributed by atoms with Gasteiger partial charge in [0.25, 0.3) is 0 Å². The van der Waals surface area contributed by atoms with E-state index in [2.05, 4.69) is 31.9 Å². The maximum Gasteiger partial charge on any atom is 0.138 e. The molecule has 0 aromatic carbocycles. The largest absolute Gasteiger partial charge is 0.389 e. The van der Waals surface area contributed by atoms with Gasteiger partial charge < -0.3 is 10.6 Å². The van der Waals surface area contributed by atoms with Gasteiger partial charge in [0.05, 0.1) is 5.56 Å². The maximum atomic E-state index is 5.84. The van der Waals surface area contributed by atoms with Gasteiger partial charge in [-0.25, -0.2) is 4.98 Å². The lowest BCUT2D eigenvalue weighted by Gasteiger charge is -2.23. The molecule has 1 heterocycles. The average Bonchev–Trinajstić information content (AvgIpc) is 2.72. The highest BCUT2D eigenvalue weighted by molar-refractivity contribution is 7.80. The standard InChI is InChI=1S/C14H21N3S/c1-9(2)8-17(3)14-11(13(15)18)7-10-5-4-6-12(10)16-14/h7,9H,4-6,8H2,1-3H3,(H2,15,18). The summed E-state index contributed by atoms with van der Waals surface area (Å²) in [5, 5.41) is 0. The summed E-state index contributed by atoms with van der Waals surface area (Å²) < 4.78 is 0. The smallest absolute Gasteiger partial charge is 0.138 e. The molecule has 0 fully saturated rings. The molecular formula is C14H21N3S. The van der Waals surface area contributed by atoms with Crippen LogP contribution in [-0.4, -0.2) is 23.6 Å². The fraction of sp³-hybridized carbons (Fsp3) is 0.571. The van der Waals surface area contributed by atoms with Gasteiger partial charge >= 0.3 is 0 Å². The van der Waals surface area contributed by atoms with E-state index in [1.165, 1.54) is 17.7 Å². The van der Waals surface area contributed by atoms with Crippen LogP contribution >= 0.6 is 12.2 Å². The van der Waals surface area contributed by atoms with Crippen molar-refractivity contribution < 1.29 is 0 Å². The zero-order valence-electron chi connectivity index (χ0n) is 11.4. The van der Waals surface area contributed by atoms with Gasteiger partial charge in [0.15, 0.2) is 0 Å². The number of pyridine rings is 1. The van der Waals surface area contributed by atoms with E-state index < -0.39 is 0 Å². The third-order valence-electron chi connectivity index (χ3n) is 3.30. The molecule has 0 saturated heterocycles. The van der Waals surface area contributed by atoms with Crippen LogP contribution in [-0.2, 0) is 12.8 Å². The number of nitrogens with two attached hydrogens (primary N) is 1. The normalized spacial score (nSPS) is 13.8. The summed E-state index contributed by atoms with van der Waals surface area (Å²) >= 11 is 5.16. The number of nitrogens with zero attached hydrogens (tertiary/aromatic N) is 2. The molecule has 3 nitrogen and oxygen atoms in total. The van der Waals surface area contributed by atoms with E-state index >= 15 is 0 Å². The zero-order valence-corrected chi connectivity index (χ0v) is 12.2. The van der Waals surface area contributed by atoms with Crippen molar-refractivity contribution in [2.45, 2.75) is 33.1 Å². The van der Waals surface area contributed by atoms with Crippen LogP contribution in [0.1, 0.15) is 37.1 Å². The van der Waals surface area contributed by atoms with Gasteiger partial charge in [0.1, 0.15) is 10.8 Å². The molecule has 0 atom stereocenters. The molecule has 1 aromatic rings. The molecule has 1 aromatic heterocycles. The third-order valence-corrected chi connectivity index (χ3v) is 3.52. The summed E-state index contributed by atoms with van der Waals surface area (Å²) in [6.45, 7) is 5.36. The zero-order chi connectivity index (χ0) is 13.3. The Labute approximate surface area is 114 Å². The Hall–Kier alpha value is -1.16. The van der Waals surface area contributed by atoms with Crippen molar-refractivity contribution in [2.75, 3.05) is 18.5 Å². The van der Waals surface area contributed by atoms with E-state index in [4.69, 9.17) is 22.9 Å². The Morgan fingerprint density at radius 1 is 1.50 bits per heavy atom. The fourth-order valence-electron chi connectivity index (χ4n) is 2.57. The van der Waals surface area contributed by atoms with Gasteiger partial charge in [0.2, 0.25) is 0 Å². The number of aryl methyl sites for hydroxylation is 2. The molecule has 18 heavy (non-hydrogen) atoms. The van der Waals surface area contributed by atoms with Crippen molar-refractivity contribution in [2.24, 2.45) is 11.7 Å². The molecule has 4 heteroatoms. The molecule has 0 spiro atoms. The van der Waals surface area contributed by atoms with Crippen molar-refractivity contribution in [1.82, 2.24) is 4.98 Å². The number of anilines is 1. The summed E-state index contributed by atoms with van der Waals surface area (Å²) in [6.07, 6.45) is 3.37. The van der Waals surface area contributed by atoms with E-state index in [0.29, 0.717) is 10.9 Å². The van der Waals surface area contributed by atoms with Crippen LogP contribution in [0.5, 0.6) is 0 Å². The van der Waals surface area contributed by atoms with Gasteiger partial charge in [-0.05, 0) is 36.8 Å². The van der Waals surface area contributed by atoms with Gasteiger partial charge in [-0.15, -0.1) is 0 Å². The van der Waals surface area contributed by atoms with E-state index in [-0.39, 0.29) is 0 Å². The first-order valence-electron chi connectivity index (χ1n) is 6.52. The van der Waals surface area contributed by atoms with Crippen LogP contribution in [0.15, 0.2) is 6.07 Å². The summed E-state index contributed by atoms with van der Waals surface area (Å²) in [6, 6.07) is 2.14. The summed E-state index contributed by atoms with van der Waals surface area (Å²) in [5.74, 6) is 1.53. The van der Waals surface area contributed by atoms with E-state index in [0.717, 1.165) is 30.8 Å². The van der Waals surface area contributed by atoms with Crippen molar-refractivity contribution in [3.05, 3.63) is 22.9 Å². The van der Waals surface area contributed by atoms with Crippen LogP contribution < -0.4 is 10.6 Å². The predicted molar refractivity (Wildman–Crippen MR) is 80.3 cm³/mol. The molecule has 1 aliphatic carbocycles. The number of hydrogen-bond acceptors (Lipinski definition) is 3. The minimum atomic E-state index is 0.447. The van der Waals surface area contributed by atoms with Gasteiger partial charge in [-0.3, -0.25) is 0 Å². The quantitative estimate of drug-likeness (QED) is 0.846. The molecule has 98 valence electrons. The molecule has 0 aliphatic heterocycles. The second-order valence-electron chi connectivity index (χ2n) is 5.46. The summed E-state index contributed by atoms with van der Waals surface area (Å²) in [7, 11) is 2.06. The number of rotatable bonds is 4. The minimum absolute atomic E-state index is 0.447.